The van der Waals surface area contributed by atoms with Crippen LogP contribution in [-0.4, -0.2) is 53.4 Å². The topological polar surface area (TPSA) is 49.6 Å². The van der Waals surface area contributed by atoms with Crippen molar-refractivity contribution in [2.75, 3.05) is 26.7 Å². The van der Waals surface area contributed by atoms with Gasteiger partial charge in [0.25, 0.3) is 0 Å². The number of aromatic nitrogens is 1. The average molecular weight is 265 g/mol. The maximum Gasteiger partial charge on any atom is 0.230 e. The van der Waals surface area contributed by atoms with Gasteiger partial charge >= 0.3 is 0 Å². The first kappa shape index (κ1) is 14.1. The maximum absolute atomic E-state index is 12.0. The Morgan fingerprint density at radius 3 is 2.79 bits per heavy atom. The van der Waals surface area contributed by atoms with Crippen LogP contribution < -0.4 is 0 Å². The first-order valence-corrected chi connectivity index (χ1v) is 6.85. The summed E-state index contributed by atoms with van der Waals surface area (Å²) in [6.07, 6.45) is 1.96. The van der Waals surface area contributed by atoms with Crippen molar-refractivity contribution in [3.05, 3.63) is 17.8 Å². The van der Waals surface area contributed by atoms with Crippen LogP contribution in [0.2, 0.25) is 0 Å². The maximum atomic E-state index is 12.0. The fourth-order valence-electron chi connectivity index (χ4n) is 2.41. The lowest BCUT2D eigenvalue weighted by atomic mass is 10.1. The highest BCUT2D eigenvalue weighted by molar-refractivity contribution is 5.79. The summed E-state index contributed by atoms with van der Waals surface area (Å²) >= 11 is 0. The minimum absolute atomic E-state index is 0.130. The summed E-state index contributed by atoms with van der Waals surface area (Å²) in [7, 11) is 2.13. The summed E-state index contributed by atoms with van der Waals surface area (Å²) in [4.78, 5) is 20.2. The van der Waals surface area contributed by atoms with Crippen LogP contribution >= 0.6 is 0 Å². The molecule has 0 saturated carbocycles. The van der Waals surface area contributed by atoms with Crippen molar-refractivity contribution in [3.63, 3.8) is 0 Å². The molecule has 0 aliphatic carbocycles. The van der Waals surface area contributed by atoms with Crippen molar-refractivity contribution < 1.29 is 9.21 Å². The lowest BCUT2D eigenvalue weighted by Gasteiger charge is -2.44. The van der Waals surface area contributed by atoms with E-state index in [1.807, 2.05) is 4.90 Å². The fourth-order valence-corrected chi connectivity index (χ4v) is 2.41. The zero-order valence-corrected chi connectivity index (χ0v) is 12.2. The first-order valence-electron chi connectivity index (χ1n) is 6.85. The molecule has 1 amide bonds. The number of amides is 1. The molecule has 1 aromatic rings. The summed E-state index contributed by atoms with van der Waals surface area (Å²) in [6.45, 7) is 8.95. The van der Waals surface area contributed by atoms with Crippen LogP contribution in [-0.2, 0) is 11.2 Å². The SMILES string of the molecule is Cc1ncc(CC(=O)N2CC(N(C)CC(C)C)C2)o1. The number of carbonyl (C=O) groups excluding carboxylic acids is 1. The second kappa shape index (κ2) is 5.74. The summed E-state index contributed by atoms with van der Waals surface area (Å²) in [5, 5.41) is 0. The molecule has 106 valence electrons. The third kappa shape index (κ3) is 3.56. The summed E-state index contributed by atoms with van der Waals surface area (Å²) in [5.41, 5.74) is 0. The Bertz CT molecular complexity index is 436. The summed E-state index contributed by atoms with van der Waals surface area (Å²) in [5.74, 6) is 2.06. The van der Waals surface area contributed by atoms with E-state index in [1.54, 1.807) is 13.1 Å². The van der Waals surface area contributed by atoms with Gasteiger partial charge in [0, 0.05) is 32.6 Å². The third-order valence-corrected chi connectivity index (χ3v) is 3.49. The van der Waals surface area contributed by atoms with Crippen LogP contribution in [0.15, 0.2) is 10.6 Å². The summed E-state index contributed by atoms with van der Waals surface area (Å²) in [6, 6.07) is 0.503. The smallest absolute Gasteiger partial charge is 0.230 e. The number of aryl methyl sites for hydroxylation is 1. The third-order valence-electron chi connectivity index (χ3n) is 3.49. The second-order valence-electron chi connectivity index (χ2n) is 5.81. The van der Waals surface area contributed by atoms with Gasteiger partial charge in [0.1, 0.15) is 5.76 Å². The molecule has 1 fully saturated rings. The van der Waals surface area contributed by atoms with Gasteiger partial charge in [-0.3, -0.25) is 9.69 Å². The van der Waals surface area contributed by atoms with Crippen LogP contribution in [0.4, 0.5) is 0 Å². The quantitative estimate of drug-likeness (QED) is 0.806. The van der Waals surface area contributed by atoms with E-state index in [0.29, 0.717) is 30.0 Å². The molecule has 2 heterocycles. The molecule has 1 aliphatic rings. The lowest BCUT2D eigenvalue weighted by Crippen LogP contribution is -2.60. The molecule has 1 aliphatic heterocycles. The highest BCUT2D eigenvalue weighted by Crippen LogP contribution is 2.16. The number of likely N-dealkylation sites (N-methyl/N-ethyl adjacent to an activating group) is 1. The number of hydrogen-bond acceptors (Lipinski definition) is 4. The van der Waals surface area contributed by atoms with E-state index < -0.39 is 0 Å². The number of likely N-dealkylation sites (tertiary alicyclic amines) is 1. The zero-order chi connectivity index (χ0) is 14.0. The average Bonchev–Trinajstić information content (AvgIpc) is 2.60. The highest BCUT2D eigenvalue weighted by atomic mass is 16.4. The minimum Gasteiger partial charge on any atom is -0.446 e. The molecule has 19 heavy (non-hydrogen) atoms. The van der Waals surface area contributed by atoms with Crippen molar-refractivity contribution in [1.29, 1.82) is 0 Å². The van der Waals surface area contributed by atoms with Crippen LogP contribution in [0.5, 0.6) is 0 Å². The zero-order valence-electron chi connectivity index (χ0n) is 12.2. The van der Waals surface area contributed by atoms with Gasteiger partial charge in [-0.15, -0.1) is 0 Å². The van der Waals surface area contributed by atoms with Crippen molar-refractivity contribution in [1.82, 2.24) is 14.8 Å². The predicted molar refractivity (Wildman–Crippen MR) is 72.8 cm³/mol. The van der Waals surface area contributed by atoms with Gasteiger partial charge < -0.3 is 9.32 Å². The van der Waals surface area contributed by atoms with E-state index in [0.717, 1.165) is 19.6 Å². The first-order chi connectivity index (χ1) is 8.95. The van der Waals surface area contributed by atoms with Gasteiger partial charge in [0.05, 0.1) is 12.6 Å². The van der Waals surface area contributed by atoms with E-state index >= 15 is 0 Å². The molecular weight excluding hydrogens is 242 g/mol. The van der Waals surface area contributed by atoms with Crippen molar-refractivity contribution in [2.24, 2.45) is 5.92 Å². The second-order valence-corrected chi connectivity index (χ2v) is 5.81. The molecule has 0 aromatic carbocycles. The lowest BCUT2D eigenvalue weighted by molar-refractivity contribution is -0.137. The van der Waals surface area contributed by atoms with Gasteiger partial charge in [-0.2, -0.15) is 0 Å². The number of carbonyl (C=O) groups is 1. The highest BCUT2D eigenvalue weighted by Gasteiger charge is 2.33. The Morgan fingerprint density at radius 2 is 2.26 bits per heavy atom. The molecule has 0 bridgehead atoms. The van der Waals surface area contributed by atoms with Crippen LogP contribution in [0.1, 0.15) is 25.5 Å². The molecule has 0 atom stereocenters. The molecule has 5 heteroatoms. The molecule has 1 aromatic heterocycles. The molecule has 2 rings (SSSR count). The largest absolute Gasteiger partial charge is 0.446 e. The van der Waals surface area contributed by atoms with E-state index in [9.17, 15) is 4.79 Å². The molecule has 5 nitrogen and oxygen atoms in total. The van der Waals surface area contributed by atoms with Crippen molar-refractivity contribution in [3.8, 4) is 0 Å². The van der Waals surface area contributed by atoms with Crippen molar-refractivity contribution in [2.45, 2.75) is 33.2 Å². The number of nitrogens with zero attached hydrogens (tertiary/aromatic N) is 3. The van der Waals surface area contributed by atoms with E-state index in [4.69, 9.17) is 4.42 Å². The molecule has 0 N–H and O–H groups in total. The Balaban J connectivity index is 1.75. The normalized spacial score (nSPS) is 16.2. The Labute approximate surface area is 114 Å². The minimum atomic E-state index is 0.130. The standard InChI is InChI=1S/C14H23N3O2/c1-10(2)7-16(4)12-8-17(9-12)14(18)5-13-6-15-11(3)19-13/h6,10,12H,5,7-9H2,1-4H3. The molecular formula is C14H23N3O2. The number of hydrogen-bond donors (Lipinski definition) is 0. The Morgan fingerprint density at radius 1 is 1.58 bits per heavy atom. The number of oxazole rings is 1. The van der Waals surface area contributed by atoms with Gasteiger partial charge in [0.15, 0.2) is 5.89 Å². The molecule has 0 radical (unpaired) electrons. The Kier molecular flexibility index (Phi) is 4.24. The molecule has 0 spiro atoms. The van der Waals surface area contributed by atoms with Gasteiger partial charge in [-0.1, -0.05) is 13.8 Å². The monoisotopic (exact) mass is 265 g/mol. The molecule has 0 unspecified atom stereocenters. The number of rotatable bonds is 5. The van der Waals surface area contributed by atoms with E-state index in [2.05, 4.69) is 30.8 Å². The van der Waals surface area contributed by atoms with E-state index in [1.165, 1.54) is 0 Å². The predicted octanol–water partition coefficient (Wildman–Crippen LogP) is 1.32. The van der Waals surface area contributed by atoms with Crippen LogP contribution in [0.3, 0.4) is 0 Å². The summed E-state index contributed by atoms with van der Waals surface area (Å²) < 4.78 is 5.33. The van der Waals surface area contributed by atoms with Gasteiger partial charge in [-0.25, -0.2) is 4.98 Å². The van der Waals surface area contributed by atoms with E-state index in [-0.39, 0.29) is 5.91 Å². The molecule has 1 saturated heterocycles. The van der Waals surface area contributed by atoms with Crippen LogP contribution in [0, 0.1) is 12.8 Å². The Hall–Kier alpha value is -1.36. The van der Waals surface area contributed by atoms with Gasteiger partial charge in [-0.05, 0) is 13.0 Å². The van der Waals surface area contributed by atoms with Gasteiger partial charge in [0.2, 0.25) is 5.91 Å². The fraction of sp³-hybridized carbons (Fsp3) is 0.714. The van der Waals surface area contributed by atoms with Crippen LogP contribution in [0.25, 0.3) is 0 Å². The van der Waals surface area contributed by atoms with Crippen molar-refractivity contribution >= 4 is 5.91 Å².